The van der Waals surface area contributed by atoms with E-state index in [1.54, 1.807) is 24.5 Å². The van der Waals surface area contributed by atoms with Crippen molar-refractivity contribution in [1.82, 2.24) is 25.4 Å². The highest BCUT2D eigenvalue weighted by Gasteiger charge is 2.07. The first-order valence-electron chi connectivity index (χ1n) is 9.61. The summed E-state index contributed by atoms with van der Waals surface area (Å²) in [5.41, 5.74) is 0.811. The number of pyridine rings is 1. The number of aryl methyl sites for hydroxylation is 1. The molecule has 152 valence electrons. The Morgan fingerprint density at radius 3 is 2.90 bits per heavy atom. The van der Waals surface area contributed by atoms with Crippen LogP contribution in [0.3, 0.4) is 0 Å². The van der Waals surface area contributed by atoms with Gasteiger partial charge in [0.25, 0.3) is 0 Å². The second-order valence-electron chi connectivity index (χ2n) is 6.27. The highest BCUT2D eigenvalue weighted by molar-refractivity contribution is 5.79. The van der Waals surface area contributed by atoms with Crippen molar-refractivity contribution in [2.45, 2.75) is 26.4 Å². The minimum atomic E-state index is -0.355. The third-order valence-electron chi connectivity index (χ3n) is 4.03. The van der Waals surface area contributed by atoms with Gasteiger partial charge in [0.1, 0.15) is 11.6 Å². The molecule has 2 heterocycles. The average Bonchev–Trinajstić information content (AvgIpc) is 3.24. The standard InChI is InChI=1S/C21H25FN6O/c1-2-23-21(25-11-5-13-28-14-6-12-27-28)26-16-17-7-4-10-24-20(17)29-19-9-3-8-18(22)15-19/h3-4,6-10,12,14-15H,2,5,11,13,16H2,1H3,(H2,23,25,26). The summed E-state index contributed by atoms with van der Waals surface area (Å²) in [6, 6.07) is 11.6. The van der Waals surface area contributed by atoms with E-state index in [2.05, 4.69) is 25.7 Å². The van der Waals surface area contributed by atoms with Gasteiger partial charge in [0.05, 0.1) is 6.54 Å². The number of aliphatic imine (C=N–C) groups is 1. The number of ether oxygens (including phenoxy) is 1. The molecule has 0 fully saturated rings. The molecule has 2 N–H and O–H groups in total. The Labute approximate surface area is 169 Å². The van der Waals surface area contributed by atoms with Crippen molar-refractivity contribution in [2.75, 3.05) is 13.1 Å². The van der Waals surface area contributed by atoms with Crippen LogP contribution in [0.1, 0.15) is 18.9 Å². The third kappa shape index (κ3) is 6.60. The molecule has 0 spiro atoms. The van der Waals surface area contributed by atoms with E-state index in [-0.39, 0.29) is 5.82 Å². The van der Waals surface area contributed by atoms with Gasteiger partial charge in [0.15, 0.2) is 5.96 Å². The fourth-order valence-electron chi connectivity index (χ4n) is 2.67. The molecule has 2 aromatic heterocycles. The van der Waals surface area contributed by atoms with Gasteiger partial charge >= 0.3 is 0 Å². The van der Waals surface area contributed by atoms with Crippen LogP contribution in [-0.4, -0.2) is 33.8 Å². The first kappa shape index (κ1) is 20.3. The van der Waals surface area contributed by atoms with E-state index in [1.165, 1.54) is 12.1 Å². The molecule has 3 rings (SSSR count). The summed E-state index contributed by atoms with van der Waals surface area (Å²) >= 11 is 0. The molecule has 0 unspecified atom stereocenters. The third-order valence-corrected chi connectivity index (χ3v) is 4.03. The van der Waals surface area contributed by atoms with Gasteiger partial charge in [-0.15, -0.1) is 0 Å². The molecule has 0 aliphatic rings. The van der Waals surface area contributed by atoms with Crippen LogP contribution in [-0.2, 0) is 13.1 Å². The van der Waals surface area contributed by atoms with Crippen molar-refractivity contribution in [3.05, 3.63) is 72.4 Å². The van der Waals surface area contributed by atoms with Crippen LogP contribution in [0.25, 0.3) is 0 Å². The predicted octanol–water partition coefficient (Wildman–Crippen LogP) is 3.35. The van der Waals surface area contributed by atoms with Gasteiger partial charge in [0, 0.05) is 49.9 Å². The molecule has 3 aromatic rings. The van der Waals surface area contributed by atoms with Gasteiger partial charge in [-0.2, -0.15) is 5.10 Å². The van der Waals surface area contributed by atoms with Gasteiger partial charge in [-0.3, -0.25) is 4.68 Å². The van der Waals surface area contributed by atoms with Gasteiger partial charge in [-0.05, 0) is 37.6 Å². The molecular formula is C21H25FN6O. The molecule has 0 radical (unpaired) electrons. The van der Waals surface area contributed by atoms with Crippen molar-refractivity contribution in [2.24, 2.45) is 4.99 Å². The molecule has 0 bridgehead atoms. The number of aromatic nitrogens is 3. The largest absolute Gasteiger partial charge is 0.439 e. The summed E-state index contributed by atoms with van der Waals surface area (Å²) in [6.45, 7) is 4.76. The van der Waals surface area contributed by atoms with E-state index in [9.17, 15) is 4.39 Å². The van der Waals surface area contributed by atoms with Gasteiger partial charge in [0.2, 0.25) is 5.88 Å². The summed E-state index contributed by atoms with van der Waals surface area (Å²) in [6.07, 6.45) is 6.28. The highest BCUT2D eigenvalue weighted by atomic mass is 19.1. The highest BCUT2D eigenvalue weighted by Crippen LogP contribution is 2.23. The lowest BCUT2D eigenvalue weighted by Gasteiger charge is -2.12. The zero-order valence-electron chi connectivity index (χ0n) is 16.4. The quantitative estimate of drug-likeness (QED) is 0.330. The molecule has 0 saturated heterocycles. The van der Waals surface area contributed by atoms with Crippen LogP contribution < -0.4 is 15.4 Å². The fourth-order valence-corrected chi connectivity index (χ4v) is 2.67. The molecule has 0 aliphatic heterocycles. The number of nitrogens with zero attached hydrogens (tertiary/aromatic N) is 4. The summed E-state index contributed by atoms with van der Waals surface area (Å²) in [5.74, 6) is 1.18. The smallest absolute Gasteiger partial charge is 0.224 e. The van der Waals surface area contributed by atoms with Crippen LogP contribution in [0.2, 0.25) is 0 Å². The summed E-state index contributed by atoms with van der Waals surface area (Å²) in [7, 11) is 0. The summed E-state index contributed by atoms with van der Waals surface area (Å²) in [5, 5.41) is 10.7. The van der Waals surface area contributed by atoms with E-state index in [4.69, 9.17) is 4.74 Å². The topological polar surface area (TPSA) is 76.4 Å². The average molecular weight is 396 g/mol. The van der Waals surface area contributed by atoms with Gasteiger partial charge in [-0.1, -0.05) is 12.1 Å². The lowest BCUT2D eigenvalue weighted by Crippen LogP contribution is -2.38. The van der Waals surface area contributed by atoms with Crippen molar-refractivity contribution >= 4 is 5.96 Å². The lowest BCUT2D eigenvalue weighted by molar-refractivity contribution is 0.452. The van der Waals surface area contributed by atoms with Crippen LogP contribution in [0.4, 0.5) is 4.39 Å². The Kier molecular flexibility index (Phi) is 7.56. The monoisotopic (exact) mass is 396 g/mol. The summed E-state index contributed by atoms with van der Waals surface area (Å²) < 4.78 is 21.1. The Morgan fingerprint density at radius 1 is 1.17 bits per heavy atom. The number of rotatable bonds is 9. The van der Waals surface area contributed by atoms with Crippen LogP contribution in [0.5, 0.6) is 11.6 Å². The first-order chi connectivity index (χ1) is 14.2. The SMILES string of the molecule is CCNC(=NCc1cccnc1Oc1cccc(F)c1)NCCCn1cccn1. The van der Waals surface area contributed by atoms with Gasteiger partial charge in [-0.25, -0.2) is 14.4 Å². The normalized spacial score (nSPS) is 11.3. The molecule has 8 heteroatoms. The lowest BCUT2D eigenvalue weighted by atomic mass is 10.2. The van der Waals surface area contributed by atoms with E-state index in [0.717, 1.165) is 31.6 Å². The molecular weight excluding hydrogens is 371 g/mol. The van der Waals surface area contributed by atoms with Crippen LogP contribution in [0, 0.1) is 5.82 Å². The molecule has 7 nitrogen and oxygen atoms in total. The Morgan fingerprint density at radius 2 is 2.10 bits per heavy atom. The molecule has 0 saturated carbocycles. The minimum Gasteiger partial charge on any atom is -0.439 e. The predicted molar refractivity (Wildman–Crippen MR) is 110 cm³/mol. The van der Waals surface area contributed by atoms with Crippen molar-refractivity contribution in [1.29, 1.82) is 0 Å². The Hall–Kier alpha value is -3.42. The van der Waals surface area contributed by atoms with E-state index in [1.807, 2.05) is 36.0 Å². The van der Waals surface area contributed by atoms with E-state index >= 15 is 0 Å². The zero-order chi connectivity index (χ0) is 20.3. The summed E-state index contributed by atoms with van der Waals surface area (Å²) in [4.78, 5) is 8.88. The molecule has 0 amide bonds. The van der Waals surface area contributed by atoms with Crippen molar-refractivity contribution < 1.29 is 9.13 Å². The molecule has 0 aliphatic carbocycles. The molecule has 29 heavy (non-hydrogen) atoms. The van der Waals surface area contributed by atoms with Gasteiger partial charge < -0.3 is 15.4 Å². The maximum absolute atomic E-state index is 13.4. The molecule has 1 aromatic carbocycles. The second kappa shape index (κ2) is 10.8. The number of guanidine groups is 1. The van der Waals surface area contributed by atoms with Crippen molar-refractivity contribution in [3.8, 4) is 11.6 Å². The number of hydrogen-bond donors (Lipinski definition) is 2. The van der Waals surface area contributed by atoms with Crippen LogP contribution >= 0.6 is 0 Å². The Balaban J connectivity index is 1.59. The zero-order valence-corrected chi connectivity index (χ0v) is 16.4. The van der Waals surface area contributed by atoms with E-state index < -0.39 is 0 Å². The van der Waals surface area contributed by atoms with E-state index in [0.29, 0.717) is 24.1 Å². The maximum atomic E-state index is 13.4. The number of nitrogens with one attached hydrogen (secondary N) is 2. The second-order valence-corrected chi connectivity index (χ2v) is 6.27. The maximum Gasteiger partial charge on any atom is 0.224 e. The number of hydrogen-bond acceptors (Lipinski definition) is 4. The number of halogens is 1. The Bertz CT molecular complexity index is 913. The first-order valence-corrected chi connectivity index (χ1v) is 9.61. The van der Waals surface area contributed by atoms with Crippen LogP contribution in [0.15, 0.2) is 66.0 Å². The fraction of sp³-hybridized carbons (Fsp3) is 0.286. The number of benzene rings is 1. The minimum absolute atomic E-state index is 0.355. The van der Waals surface area contributed by atoms with Crippen molar-refractivity contribution in [3.63, 3.8) is 0 Å². The molecule has 0 atom stereocenters.